The van der Waals surface area contributed by atoms with Crippen LogP contribution in [0.25, 0.3) is 0 Å². The van der Waals surface area contributed by atoms with Crippen LogP contribution in [0, 0.1) is 0 Å². The summed E-state index contributed by atoms with van der Waals surface area (Å²) in [4.78, 5) is 22.9. The van der Waals surface area contributed by atoms with E-state index < -0.39 is 41.8 Å². The molecule has 4 atom stereocenters. The Morgan fingerprint density at radius 3 is 1.29 bits per heavy atom. The van der Waals surface area contributed by atoms with Crippen molar-refractivity contribution < 1.29 is 29.3 Å². The third kappa shape index (κ3) is 8.11. The van der Waals surface area contributed by atoms with Crippen molar-refractivity contribution in [1.82, 2.24) is 5.32 Å². The average Bonchev–Trinajstić information content (AvgIpc) is 2.94. The number of methoxy groups -OCH3 is 2. The molecule has 9 heteroatoms. The van der Waals surface area contributed by atoms with Gasteiger partial charge >= 0.3 is 11.9 Å². The zero-order valence-electron chi connectivity index (χ0n) is 22.0. The Hall–Kier alpha value is -3.27. The number of hydrogen-bond acceptors (Lipinski definition) is 8. The summed E-state index contributed by atoms with van der Waals surface area (Å²) in [6.07, 6.45) is -1.79. The van der Waals surface area contributed by atoms with E-state index in [1.165, 1.54) is 21.1 Å². The zero-order valence-corrected chi connectivity index (χ0v) is 22.8. The van der Waals surface area contributed by atoms with Crippen molar-refractivity contribution in [2.75, 3.05) is 14.2 Å². The van der Waals surface area contributed by atoms with Gasteiger partial charge < -0.3 is 25.4 Å². The van der Waals surface area contributed by atoms with Gasteiger partial charge in [0.2, 0.25) is 0 Å². The van der Waals surface area contributed by atoms with Gasteiger partial charge in [-0.05, 0) is 30.5 Å². The third-order valence-electron chi connectivity index (χ3n) is 5.92. The van der Waals surface area contributed by atoms with Gasteiger partial charge in [0, 0.05) is 0 Å². The summed E-state index contributed by atoms with van der Waals surface area (Å²) in [6, 6.07) is 27.9. The topological polar surface area (TPSA) is 131 Å². The lowest BCUT2D eigenvalue weighted by atomic mass is 9.76. The fourth-order valence-electron chi connectivity index (χ4n) is 3.88. The van der Waals surface area contributed by atoms with Crippen molar-refractivity contribution in [2.45, 2.75) is 43.7 Å². The molecule has 0 aliphatic heterocycles. The molecule has 0 heterocycles. The van der Waals surface area contributed by atoms with E-state index in [4.69, 9.17) is 15.6 Å². The number of hydrogen-bond donors (Lipinski definition) is 4. The highest BCUT2D eigenvalue weighted by Gasteiger charge is 2.41. The largest absolute Gasteiger partial charge is 0.468 e. The molecule has 0 fully saturated rings. The van der Waals surface area contributed by atoms with Crippen LogP contribution in [0.3, 0.4) is 0 Å². The molecule has 0 aromatic heterocycles. The molecule has 206 valence electrons. The lowest BCUT2D eigenvalue weighted by molar-refractivity contribution is -0.146. The SMILES string of the molecule is COC(=O)[C@@H](N)C(C)O.COC(=O)[C@@H](NC(c1ccccc1)(c1ccccc1)c1ccccc1)C(C)O.Cl. The number of esters is 2. The molecule has 0 aliphatic carbocycles. The number of aliphatic hydroxyl groups is 2. The van der Waals surface area contributed by atoms with Gasteiger partial charge in [-0.1, -0.05) is 91.0 Å². The first kappa shape index (κ1) is 32.8. The van der Waals surface area contributed by atoms with Crippen molar-refractivity contribution in [1.29, 1.82) is 0 Å². The third-order valence-corrected chi connectivity index (χ3v) is 5.92. The molecule has 3 rings (SSSR count). The maximum Gasteiger partial charge on any atom is 0.325 e. The van der Waals surface area contributed by atoms with E-state index >= 15 is 0 Å². The van der Waals surface area contributed by atoms with Crippen LogP contribution in [0.1, 0.15) is 30.5 Å². The van der Waals surface area contributed by atoms with Crippen LogP contribution in [0.5, 0.6) is 0 Å². The van der Waals surface area contributed by atoms with E-state index in [9.17, 15) is 14.7 Å². The minimum Gasteiger partial charge on any atom is -0.468 e. The Bertz CT molecular complexity index is 1000. The number of halogens is 1. The van der Waals surface area contributed by atoms with Crippen LogP contribution >= 0.6 is 12.4 Å². The number of carbonyl (C=O) groups excluding carboxylic acids is 2. The molecule has 8 nitrogen and oxygen atoms in total. The second kappa shape index (κ2) is 15.9. The maximum atomic E-state index is 12.5. The Labute approximate surface area is 230 Å². The number of carbonyl (C=O) groups is 2. The molecular weight excluding hydrogens is 508 g/mol. The van der Waals surface area contributed by atoms with Crippen molar-refractivity contribution in [2.24, 2.45) is 5.73 Å². The highest BCUT2D eigenvalue weighted by Crippen LogP contribution is 2.37. The molecule has 0 spiro atoms. The minimum atomic E-state index is -0.942. The molecule has 5 N–H and O–H groups in total. The molecule has 3 aromatic carbocycles. The molecule has 0 amide bonds. The van der Waals surface area contributed by atoms with Crippen LogP contribution in [0.2, 0.25) is 0 Å². The number of benzene rings is 3. The summed E-state index contributed by atoms with van der Waals surface area (Å²) >= 11 is 0. The number of rotatable bonds is 9. The van der Waals surface area contributed by atoms with Crippen LogP contribution < -0.4 is 11.1 Å². The molecule has 2 unspecified atom stereocenters. The van der Waals surface area contributed by atoms with Gasteiger partial charge in [0.25, 0.3) is 0 Å². The number of nitrogens with one attached hydrogen (secondary N) is 1. The van der Waals surface area contributed by atoms with Gasteiger partial charge in [-0.15, -0.1) is 12.4 Å². The molecule has 38 heavy (non-hydrogen) atoms. The molecule has 0 bridgehead atoms. The quantitative estimate of drug-likeness (QED) is 0.239. The van der Waals surface area contributed by atoms with E-state index in [2.05, 4.69) is 10.1 Å². The first-order valence-corrected chi connectivity index (χ1v) is 11.9. The van der Waals surface area contributed by atoms with E-state index in [-0.39, 0.29) is 12.4 Å². The van der Waals surface area contributed by atoms with Gasteiger partial charge in [0.05, 0.1) is 32.0 Å². The Morgan fingerprint density at radius 1 is 0.711 bits per heavy atom. The van der Waals surface area contributed by atoms with Crippen molar-refractivity contribution >= 4 is 24.3 Å². The number of aliphatic hydroxyl groups excluding tert-OH is 2. The molecule has 0 radical (unpaired) electrons. The molecule has 0 saturated heterocycles. The van der Waals surface area contributed by atoms with E-state index in [0.29, 0.717) is 0 Å². The van der Waals surface area contributed by atoms with E-state index in [1.807, 2.05) is 91.0 Å². The fraction of sp³-hybridized carbons (Fsp3) is 0.310. The fourth-order valence-corrected chi connectivity index (χ4v) is 3.88. The number of nitrogens with two attached hydrogens (primary N) is 1. The predicted octanol–water partition coefficient (Wildman–Crippen LogP) is 2.78. The van der Waals surface area contributed by atoms with E-state index in [0.717, 1.165) is 16.7 Å². The monoisotopic (exact) mass is 544 g/mol. The van der Waals surface area contributed by atoms with Gasteiger partial charge in [0.1, 0.15) is 12.1 Å². The Balaban J connectivity index is 0.000000622. The Morgan fingerprint density at radius 2 is 1.05 bits per heavy atom. The molecular formula is C29H37ClN2O6. The highest BCUT2D eigenvalue weighted by molar-refractivity contribution is 5.85. The zero-order chi connectivity index (χ0) is 27.4. The smallest absolute Gasteiger partial charge is 0.325 e. The summed E-state index contributed by atoms with van der Waals surface area (Å²) in [6.45, 7) is 3.02. The number of ether oxygens (including phenoxy) is 2. The van der Waals surface area contributed by atoms with Gasteiger partial charge in [-0.2, -0.15) is 0 Å². The van der Waals surface area contributed by atoms with Crippen molar-refractivity contribution in [3.8, 4) is 0 Å². The van der Waals surface area contributed by atoms with Crippen LogP contribution in [0.4, 0.5) is 0 Å². The van der Waals surface area contributed by atoms with Crippen LogP contribution in [-0.4, -0.2) is 60.7 Å². The molecule has 3 aromatic rings. The van der Waals surface area contributed by atoms with Gasteiger partial charge in [-0.25, -0.2) is 0 Å². The predicted molar refractivity (Wildman–Crippen MR) is 149 cm³/mol. The van der Waals surface area contributed by atoms with Crippen molar-refractivity contribution in [3.63, 3.8) is 0 Å². The standard InChI is InChI=1S/C24H25NO3.C5H11NO3.ClH/c1-18(26)22(23(27)28-2)25-24(19-12-6-3-7-13-19,20-14-8-4-9-15-20)21-16-10-5-11-17-21;1-3(7)4(6)5(8)9-2;/h3-18,22,25-26H,1-2H3;3-4,7H,6H2,1-2H3;1H/t18?,22-;3?,4-;/m00./s1. The second-order valence-electron chi connectivity index (χ2n) is 8.52. The van der Waals surface area contributed by atoms with Gasteiger partial charge in [0.15, 0.2) is 0 Å². The second-order valence-corrected chi connectivity index (χ2v) is 8.52. The maximum absolute atomic E-state index is 12.5. The summed E-state index contributed by atoms with van der Waals surface area (Å²) in [5, 5.41) is 22.5. The summed E-state index contributed by atoms with van der Waals surface area (Å²) in [5.41, 5.74) is 7.18. The lowest BCUT2D eigenvalue weighted by Gasteiger charge is -2.40. The first-order chi connectivity index (χ1) is 17.7. The summed E-state index contributed by atoms with van der Waals surface area (Å²) in [7, 11) is 2.55. The summed E-state index contributed by atoms with van der Waals surface area (Å²) < 4.78 is 9.22. The van der Waals surface area contributed by atoms with Gasteiger partial charge in [-0.3, -0.25) is 14.9 Å². The van der Waals surface area contributed by atoms with E-state index in [1.54, 1.807) is 6.92 Å². The first-order valence-electron chi connectivity index (χ1n) is 11.9. The summed E-state index contributed by atoms with van der Waals surface area (Å²) in [5.74, 6) is -1.10. The molecule has 0 saturated carbocycles. The minimum absolute atomic E-state index is 0. The Kier molecular flexibility index (Phi) is 13.7. The van der Waals surface area contributed by atoms with Crippen LogP contribution in [-0.2, 0) is 24.6 Å². The van der Waals surface area contributed by atoms with Crippen molar-refractivity contribution in [3.05, 3.63) is 108 Å². The molecule has 0 aliphatic rings. The normalized spacial score (nSPS) is 13.9. The van der Waals surface area contributed by atoms with Crippen LogP contribution in [0.15, 0.2) is 91.0 Å². The average molecular weight is 545 g/mol. The highest BCUT2D eigenvalue weighted by atomic mass is 35.5. The lowest BCUT2D eigenvalue weighted by Crippen LogP contribution is -2.56.